The summed E-state index contributed by atoms with van der Waals surface area (Å²) in [5.41, 5.74) is 5.29. The fraction of sp³-hybridized carbons (Fsp3) is 0.533. The molecule has 1 aromatic rings. The fourth-order valence-corrected chi connectivity index (χ4v) is 2.39. The van der Waals surface area contributed by atoms with Crippen LogP contribution in [0.25, 0.3) is 5.57 Å². The number of rotatable bonds is 8. The van der Waals surface area contributed by atoms with E-state index in [-0.39, 0.29) is 6.10 Å². The third-order valence-corrected chi connectivity index (χ3v) is 3.46. The van der Waals surface area contributed by atoms with E-state index in [0.29, 0.717) is 0 Å². The number of unbranched alkanes of at least 4 members (excludes halogenated alkanes) is 1. The van der Waals surface area contributed by atoms with Gasteiger partial charge >= 0.3 is 0 Å². The molecule has 0 aromatic carbocycles. The van der Waals surface area contributed by atoms with Crippen molar-refractivity contribution in [3.05, 3.63) is 35.2 Å². The molecule has 0 bridgehead atoms. The van der Waals surface area contributed by atoms with Gasteiger partial charge in [0.25, 0.3) is 0 Å². The third kappa shape index (κ3) is 3.78. The molecule has 0 unspecified atom stereocenters. The zero-order valence-electron chi connectivity index (χ0n) is 11.8. The van der Waals surface area contributed by atoms with Crippen molar-refractivity contribution >= 4 is 5.57 Å². The Bertz CT molecular complexity index is 458. The molecule has 104 valence electrons. The average molecular weight is 262 g/mol. The van der Waals surface area contributed by atoms with Crippen molar-refractivity contribution in [1.29, 1.82) is 0 Å². The number of hydrogen-bond acceptors (Lipinski definition) is 2. The van der Waals surface area contributed by atoms with Crippen LogP contribution in [0, 0.1) is 0 Å². The molecule has 1 atom stereocenters. The maximum atomic E-state index is 9.17. The summed E-state index contributed by atoms with van der Waals surface area (Å²) in [6, 6.07) is 2.06. The Morgan fingerprint density at radius 2 is 2.32 bits per heavy atom. The van der Waals surface area contributed by atoms with Crippen LogP contribution in [-0.2, 0) is 0 Å². The predicted octanol–water partition coefficient (Wildman–Crippen LogP) is 1.68. The van der Waals surface area contributed by atoms with Crippen molar-refractivity contribution in [2.24, 2.45) is 0 Å². The van der Waals surface area contributed by atoms with Gasteiger partial charge in [0.1, 0.15) is 5.69 Å². The first-order valence-electron chi connectivity index (χ1n) is 7.08. The molecule has 1 aromatic heterocycles. The SMILES string of the molecule is C/C=C1C(CNCCCC[C@H](C)O)=C\1c1cc[nH+][nH]1. The molecule has 0 spiro atoms. The van der Waals surface area contributed by atoms with E-state index < -0.39 is 0 Å². The maximum absolute atomic E-state index is 9.17. The molecule has 1 heterocycles. The smallest absolute Gasteiger partial charge is 0.193 e. The molecule has 0 fully saturated rings. The minimum absolute atomic E-state index is 0.170. The molecule has 1 aliphatic rings. The van der Waals surface area contributed by atoms with E-state index >= 15 is 0 Å². The lowest BCUT2D eigenvalue weighted by molar-refractivity contribution is -0.449. The lowest BCUT2D eigenvalue weighted by Crippen LogP contribution is -2.16. The van der Waals surface area contributed by atoms with Crippen molar-refractivity contribution in [1.82, 2.24) is 10.4 Å². The van der Waals surface area contributed by atoms with E-state index in [4.69, 9.17) is 0 Å². The molecule has 0 radical (unpaired) electrons. The maximum Gasteiger partial charge on any atom is 0.193 e. The van der Waals surface area contributed by atoms with Crippen molar-refractivity contribution in [3.63, 3.8) is 0 Å². The average Bonchev–Trinajstić information content (AvgIpc) is 2.83. The normalized spacial score (nSPS) is 18.2. The van der Waals surface area contributed by atoms with Gasteiger partial charge in [-0.15, -0.1) is 5.10 Å². The number of hydrogen-bond donors (Lipinski definition) is 3. The van der Waals surface area contributed by atoms with Gasteiger partial charge in [0.15, 0.2) is 6.20 Å². The Hall–Kier alpha value is -1.39. The van der Waals surface area contributed by atoms with Gasteiger partial charge < -0.3 is 10.4 Å². The standard InChI is InChI=1S/C15H23N3O/c1-3-12-13(15(12)14-7-9-17-18-14)10-16-8-5-4-6-11(2)19/h3,7,9,11,16,19H,4-6,8,10H2,1-2H3,(H,17,18)/p+1/b12-3+/t11-/m0/s1. The Labute approximate surface area is 114 Å². The molecular weight excluding hydrogens is 238 g/mol. The van der Waals surface area contributed by atoms with E-state index in [2.05, 4.69) is 34.6 Å². The van der Waals surface area contributed by atoms with Crippen LogP contribution in [0.1, 0.15) is 38.8 Å². The summed E-state index contributed by atoms with van der Waals surface area (Å²) < 4.78 is 0. The summed E-state index contributed by atoms with van der Waals surface area (Å²) in [4.78, 5) is 0. The number of aromatic amines is 2. The lowest BCUT2D eigenvalue weighted by Gasteiger charge is -2.04. The van der Waals surface area contributed by atoms with Crippen molar-refractivity contribution in [3.8, 4) is 0 Å². The van der Waals surface area contributed by atoms with Crippen LogP contribution in [0.3, 0.4) is 0 Å². The fourth-order valence-electron chi connectivity index (χ4n) is 2.39. The Morgan fingerprint density at radius 1 is 1.47 bits per heavy atom. The number of allylic oxidation sites excluding steroid dienone is 2. The van der Waals surface area contributed by atoms with E-state index in [1.54, 1.807) is 0 Å². The van der Waals surface area contributed by atoms with Crippen LogP contribution in [0.2, 0.25) is 0 Å². The Kier molecular flexibility index (Phi) is 4.93. The third-order valence-electron chi connectivity index (χ3n) is 3.46. The molecule has 2 rings (SSSR count). The first-order chi connectivity index (χ1) is 9.24. The first kappa shape index (κ1) is 14.0. The quantitative estimate of drug-likeness (QED) is 0.624. The highest BCUT2D eigenvalue weighted by Gasteiger charge is 2.30. The van der Waals surface area contributed by atoms with Gasteiger partial charge in [-0.3, -0.25) is 0 Å². The second-order valence-electron chi connectivity index (χ2n) is 5.09. The highest BCUT2D eigenvalue weighted by molar-refractivity contribution is 6.01. The molecule has 19 heavy (non-hydrogen) atoms. The van der Waals surface area contributed by atoms with Gasteiger partial charge in [-0.1, -0.05) is 6.08 Å². The number of aliphatic hydroxyl groups excluding tert-OH is 1. The summed E-state index contributed by atoms with van der Waals surface area (Å²) >= 11 is 0. The zero-order chi connectivity index (χ0) is 13.7. The second kappa shape index (κ2) is 6.68. The minimum atomic E-state index is -0.170. The summed E-state index contributed by atoms with van der Waals surface area (Å²) in [5, 5.41) is 18.8. The summed E-state index contributed by atoms with van der Waals surface area (Å²) in [6.45, 7) is 5.87. The van der Waals surface area contributed by atoms with Crippen molar-refractivity contribution in [2.45, 2.75) is 39.2 Å². The van der Waals surface area contributed by atoms with Gasteiger partial charge in [-0.2, -0.15) is 5.10 Å². The second-order valence-corrected chi connectivity index (χ2v) is 5.09. The topological polar surface area (TPSA) is 62.2 Å². The Balaban J connectivity index is 1.71. The molecule has 4 heteroatoms. The van der Waals surface area contributed by atoms with Gasteiger partial charge in [-0.25, -0.2) is 0 Å². The highest BCUT2D eigenvalue weighted by Crippen LogP contribution is 2.44. The zero-order valence-corrected chi connectivity index (χ0v) is 11.8. The Morgan fingerprint density at radius 3 is 2.95 bits per heavy atom. The van der Waals surface area contributed by atoms with Gasteiger partial charge in [-0.05, 0) is 50.8 Å². The number of aromatic nitrogens is 2. The molecule has 4 N–H and O–H groups in total. The van der Waals surface area contributed by atoms with Crippen LogP contribution in [0.15, 0.2) is 29.5 Å². The highest BCUT2D eigenvalue weighted by atomic mass is 16.3. The predicted molar refractivity (Wildman–Crippen MR) is 76.4 cm³/mol. The van der Waals surface area contributed by atoms with Crippen LogP contribution in [-0.4, -0.2) is 29.4 Å². The lowest BCUT2D eigenvalue weighted by atomic mass is 10.2. The molecule has 0 aliphatic heterocycles. The molecule has 0 saturated carbocycles. The van der Waals surface area contributed by atoms with Crippen LogP contribution >= 0.6 is 0 Å². The molecular formula is C15H24N3O+. The van der Waals surface area contributed by atoms with Crippen molar-refractivity contribution in [2.75, 3.05) is 13.1 Å². The molecule has 4 nitrogen and oxygen atoms in total. The molecule has 1 aliphatic carbocycles. The number of nitrogens with one attached hydrogen (secondary N) is 3. The van der Waals surface area contributed by atoms with Gasteiger partial charge in [0, 0.05) is 18.2 Å². The van der Waals surface area contributed by atoms with Crippen molar-refractivity contribution < 1.29 is 10.2 Å². The van der Waals surface area contributed by atoms with E-state index in [1.807, 2.05) is 13.1 Å². The molecule has 0 saturated heterocycles. The van der Waals surface area contributed by atoms with Crippen LogP contribution in [0.5, 0.6) is 0 Å². The minimum Gasteiger partial charge on any atom is -0.393 e. The number of H-pyrrole nitrogens is 2. The van der Waals surface area contributed by atoms with E-state index in [1.165, 1.54) is 22.4 Å². The molecule has 0 amide bonds. The van der Waals surface area contributed by atoms with Gasteiger partial charge in [0.2, 0.25) is 0 Å². The van der Waals surface area contributed by atoms with Crippen LogP contribution < -0.4 is 10.4 Å². The van der Waals surface area contributed by atoms with E-state index in [0.717, 1.165) is 32.4 Å². The van der Waals surface area contributed by atoms with Gasteiger partial charge in [0.05, 0.1) is 6.10 Å². The summed E-state index contributed by atoms with van der Waals surface area (Å²) in [6.07, 6.45) is 7.01. The van der Waals surface area contributed by atoms with E-state index in [9.17, 15) is 5.11 Å². The largest absolute Gasteiger partial charge is 0.393 e. The van der Waals surface area contributed by atoms with Crippen LogP contribution in [0.4, 0.5) is 0 Å². The summed E-state index contributed by atoms with van der Waals surface area (Å²) in [7, 11) is 0. The summed E-state index contributed by atoms with van der Waals surface area (Å²) in [5.74, 6) is 0. The monoisotopic (exact) mass is 262 g/mol. The number of aliphatic hydroxyl groups is 1. The first-order valence-corrected chi connectivity index (χ1v) is 7.08.